The number of aromatic nitrogens is 4. The van der Waals surface area contributed by atoms with Gasteiger partial charge in [-0.05, 0) is 110 Å². The molecule has 0 amide bonds. The number of allylic oxidation sites excluding steroid dienone is 4. The maximum Gasteiger partial charge on any atom is 0.305 e. The molecular weight excluding hydrogens is 608 g/mol. The van der Waals surface area contributed by atoms with E-state index in [0.717, 1.165) is 83.7 Å². The normalized spacial score (nSPS) is 12.7. The first-order chi connectivity index (χ1) is 23.0. The van der Waals surface area contributed by atoms with E-state index >= 15 is 0 Å². The van der Waals surface area contributed by atoms with Crippen LogP contribution in [0.3, 0.4) is 0 Å². The molecule has 0 radical (unpaired) electrons. The lowest BCUT2D eigenvalue weighted by Gasteiger charge is -2.05. The number of hydrogen-bond donors (Lipinski definition) is 2. The minimum Gasteiger partial charge on any atom is -0.469 e. The Morgan fingerprint density at radius 2 is 1.08 bits per heavy atom. The molecule has 250 valence electrons. The van der Waals surface area contributed by atoms with Crippen LogP contribution in [0.4, 0.5) is 0 Å². The minimum atomic E-state index is -0.306. The van der Waals surface area contributed by atoms with Crippen molar-refractivity contribution in [3.63, 3.8) is 0 Å². The average molecular weight is 651 g/mol. The first-order valence-electron chi connectivity index (χ1n) is 16.0. The van der Waals surface area contributed by atoms with Crippen LogP contribution in [-0.2, 0) is 35.0 Å². The van der Waals surface area contributed by atoms with E-state index in [1.54, 1.807) is 0 Å². The van der Waals surface area contributed by atoms with Gasteiger partial charge in [0.05, 0.1) is 44.1 Å². The molecule has 5 rings (SSSR count). The zero-order valence-corrected chi connectivity index (χ0v) is 28.7. The van der Waals surface area contributed by atoms with Gasteiger partial charge in [0, 0.05) is 46.9 Å². The molecule has 0 aromatic carbocycles. The molecule has 0 fully saturated rings. The Bertz CT molecular complexity index is 2060. The van der Waals surface area contributed by atoms with Crippen LogP contribution in [0.25, 0.3) is 50.4 Å². The van der Waals surface area contributed by atoms with Gasteiger partial charge in [-0.3, -0.25) is 14.4 Å². The van der Waals surface area contributed by atoms with Crippen LogP contribution in [0.15, 0.2) is 30.8 Å². The van der Waals surface area contributed by atoms with E-state index in [4.69, 9.17) is 24.2 Å². The standard InChI is InChI=1S/C38H42N4O6/c1-9-24-20(2)28-17-33-26(11-14-37(44)47-7)22(4)30(41-33)19-35-27(12-15-38(45)48-8)23(5)31(42-35)18-34-25(10-13-36(43)46-6)21(3)29(40-34)16-32(24)39-28/h9,16-19,39-40H,1,10-15H2,2-8H3. The molecule has 2 aliphatic heterocycles. The van der Waals surface area contributed by atoms with Gasteiger partial charge < -0.3 is 24.2 Å². The Morgan fingerprint density at radius 3 is 1.62 bits per heavy atom. The third kappa shape index (κ3) is 6.74. The number of methoxy groups -OCH3 is 3. The Balaban J connectivity index is 1.87. The number of fused-ring (bicyclic) bond motifs is 8. The summed E-state index contributed by atoms with van der Waals surface area (Å²) in [6.45, 7) is 12.2. The van der Waals surface area contributed by atoms with E-state index in [-0.39, 0.29) is 37.2 Å². The van der Waals surface area contributed by atoms with Crippen LogP contribution < -0.4 is 0 Å². The van der Waals surface area contributed by atoms with Crippen molar-refractivity contribution in [1.29, 1.82) is 0 Å². The maximum atomic E-state index is 12.2. The molecule has 10 heteroatoms. The summed E-state index contributed by atoms with van der Waals surface area (Å²) in [6, 6.07) is 8.03. The molecule has 0 saturated heterocycles. The lowest BCUT2D eigenvalue weighted by molar-refractivity contribution is -0.141. The van der Waals surface area contributed by atoms with Gasteiger partial charge in [-0.2, -0.15) is 0 Å². The van der Waals surface area contributed by atoms with E-state index in [0.29, 0.717) is 25.0 Å². The third-order valence-corrected chi connectivity index (χ3v) is 9.34. The summed E-state index contributed by atoms with van der Waals surface area (Å²) in [5.41, 5.74) is 14.1. The summed E-state index contributed by atoms with van der Waals surface area (Å²) in [5.74, 6) is -0.885. The summed E-state index contributed by atoms with van der Waals surface area (Å²) in [7, 11) is 4.16. The largest absolute Gasteiger partial charge is 0.469 e. The highest BCUT2D eigenvalue weighted by atomic mass is 16.5. The van der Waals surface area contributed by atoms with Gasteiger partial charge in [-0.1, -0.05) is 12.7 Å². The molecule has 0 saturated carbocycles. The number of esters is 3. The number of rotatable bonds is 10. The third-order valence-electron chi connectivity index (χ3n) is 9.34. The molecule has 0 aliphatic carbocycles. The van der Waals surface area contributed by atoms with Gasteiger partial charge in [-0.15, -0.1) is 0 Å². The van der Waals surface area contributed by atoms with Gasteiger partial charge in [0.2, 0.25) is 0 Å². The topological polar surface area (TPSA) is 136 Å². The van der Waals surface area contributed by atoms with Crippen molar-refractivity contribution < 1.29 is 28.6 Å². The molecule has 0 atom stereocenters. The SMILES string of the molecule is C=Cc1c(C)c2cc3nc(cc4nc(cc5[nH]c(cc1[nH]2)c(C)c5CCC(=O)OC)C(C)=C4CCC(=O)OC)C(C)=C3CCC(=O)OC. The molecule has 2 aliphatic rings. The number of aryl methyl sites for hydroxylation is 3. The van der Waals surface area contributed by atoms with Crippen LogP contribution in [0.2, 0.25) is 0 Å². The van der Waals surface area contributed by atoms with Crippen molar-refractivity contribution in [3.8, 4) is 0 Å². The number of hydrogen-bond acceptors (Lipinski definition) is 8. The Kier molecular flexibility index (Phi) is 10.1. The van der Waals surface area contributed by atoms with Crippen molar-refractivity contribution in [2.24, 2.45) is 0 Å². The number of nitrogens with one attached hydrogen (secondary N) is 2. The summed E-state index contributed by atoms with van der Waals surface area (Å²) >= 11 is 0. The molecule has 3 aromatic heterocycles. The van der Waals surface area contributed by atoms with Crippen molar-refractivity contribution in [1.82, 2.24) is 19.9 Å². The molecule has 3 aromatic rings. The Morgan fingerprint density at radius 1 is 0.625 bits per heavy atom. The van der Waals surface area contributed by atoms with Crippen molar-refractivity contribution in [3.05, 3.63) is 75.9 Å². The van der Waals surface area contributed by atoms with E-state index < -0.39 is 0 Å². The second kappa shape index (κ2) is 14.3. The number of carbonyl (C=O) groups excluding carboxylic acids is 3. The van der Waals surface area contributed by atoms with Gasteiger partial charge in [0.15, 0.2) is 0 Å². The summed E-state index contributed by atoms with van der Waals surface area (Å²) in [5, 5.41) is 0. The van der Waals surface area contributed by atoms with Crippen molar-refractivity contribution >= 4 is 68.3 Å². The summed E-state index contributed by atoms with van der Waals surface area (Å²) in [4.78, 5) is 53.9. The van der Waals surface area contributed by atoms with Crippen LogP contribution in [0.1, 0.15) is 91.0 Å². The first-order valence-corrected chi connectivity index (χ1v) is 16.0. The maximum absolute atomic E-state index is 12.2. The highest BCUT2D eigenvalue weighted by molar-refractivity contribution is 5.97. The lowest BCUT2D eigenvalue weighted by atomic mass is 9.98. The van der Waals surface area contributed by atoms with E-state index in [9.17, 15) is 14.4 Å². The first kappa shape index (κ1) is 34.1. The molecule has 10 nitrogen and oxygen atoms in total. The van der Waals surface area contributed by atoms with E-state index in [1.165, 1.54) is 21.3 Å². The molecule has 0 spiro atoms. The predicted octanol–water partition coefficient (Wildman–Crippen LogP) is 7.45. The van der Waals surface area contributed by atoms with Gasteiger partial charge in [0.25, 0.3) is 0 Å². The zero-order valence-electron chi connectivity index (χ0n) is 28.7. The number of ether oxygens (including phenoxy) is 3. The molecule has 5 heterocycles. The van der Waals surface area contributed by atoms with Crippen LogP contribution in [0.5, 0.6) is 0 Å². The molecule has 0 unspecified atom stereocenters. The number of carbonyl (C=O) groups is 3. The quantitative estimate of drug-likeness (QED) is 0.171. The van der Waals surface area contributed by atoms with Crippen LogP contribution in [-0.4, -0.2) is 59.2 Å². The van der Waals surface area contributed by atoms with Crippen molar-refractivity contribution in [2.45, 2.75) is 66.2 Å². The fourth-order valence-electron chi connectivity index (χ4n) is 6.38. The molecule has 8 bridgehead atoms. The van der Waals surface area contributed by atoms with E-state index in [1.807, 2.05) is 52.0 Å². The van der Waals surface area contributed by atoms with Crippen molar-refractivity contribution in [2.75, 3.05) is 21.3 Å². The monoisotopic (exact) mass is 650 g/mol. The second-order valence-corrected chi connectivity index (χ2v) is 12.0. The van der Waals surface area contributed by atoms with Crippen LogP contribution >= 0.6 is 0 Å². The number of nitrogens with zero attached hydrogens (tertiary/aromatic N) is 2. The fourth-order valence-corrected chi connectivity index (χ4v) is 6.38. The summed E-state index contributed by atoms with van der Waals surface area (Å²) < 4.78 is 14.8. The minimum absolute atomic E-state index is 0.199. The smallest absolute Gasteiger partial charge is 0.305 e. The second-order valence-electron chi connectivity index (χ2n) is 12.0. The lowest BCUT2D eigenvalue weighted by Crippen LogP contribution is -2.02. The highest BCUT2D eigenvalue weighted by Crippen LogP contribution is 2.38. The van der Waals surface area contributed by atoms with Gasteiger partial charge in [-0.25, -0.2) is 9.97 Å². The average Bonchev–Trinajstić information content (AvgIpc) is 3.74. The Labute approximate surface area is 280 Å². The number of aromatic amines is 2. The zero-order chi connectivity index (χ0) is 34.7. The highest BCUT2D eigenvalue weighted by Gasteiger charge is 2.23. The predicted molar refractivity (Wildman–Crippen MR) is 188 cm³/mol. The summed E-state index contributed by atoms with van der Waals surface area (Å²) in [6.07, 6.45) is 3.85. The van der Waals surface area contributed by atoms with E-state index in [2.05, 4.69) is 22.6 Å². The fraction of sp³-hybridized carbons (Fsp3) is 0.342. The van der Waals surface area contributed by atoms with Gasteiger partial charge >= 0.3 is 17.9 Å². The molecule has 48 heavy (non-hydrogen) atoms. The van der Waals surface area contributed by atoms with Gasteiger partial charge in [0.1, 0.15) is 0 Å². The molecule has 2 N–H and O–H groups in total. The number of H-pyrrole nitrogens is 2. The molecular formula is C38H42N4O6. The van der Waals surface area contributed by atoms with Crippen LogP contribution in [0, 0.1) is 13.8 Å². The Hall–Kier alpha value is -5.25.